The largest absolute Gasteiger partial charge is 0.507 e. The fourth-order valence-electron chi connectivity index (χ4n) is 4.32. The molecule has 9 nitrogen and oxygen atoms in total. The van der Waals surface area contributed by atoms with Gasteiger partial charge in [-0.3, -0.25) is 9.59 Å². The number of carbonyl (C=O) groups is 2. The lowest BCUT2D eigenvalue weighted by Gasteiger charge is -2.34. The molecule has 0 saturated heterocycles. The summed E-state index contributed by atoms with van der Waals surface area (Å²) in [5.74, 6) is -5.83. The second-order valence-corrected chi connectivity index (χ2v) is 8.36. The maximum Gasteiger partial charge on any atom is 0.432 e. The summed E-state index contributed by atoms with van der Waals surface area (Å²) in [4.78, 5) is 39.6. The van der Waals surface area contributed by atoms with E-state index in [1.165, 1.54) is 30.3 Å². The molecule has 4 rings (SSSR count). The number of fused-ring (bicyclic) bond motifs is 2. The summed E-state index contributed by atoms with van der Waals surface area (Å²) in [5.41, 5.74) is -5.13. The van der Waals surface area contributed by atoms with E-state index in [0.29, 0.717) is 12.7 Å². The summed E-state index contributed by atoms with van der Waals surface area (Å²) in [6.07, 6.45) is -5.26. The minimum atomic E-state index is -5.29. The third kappa shape index (κ3) is 4.26. The van der Waals surface area contributed by atoms with Gasteiger partial charge in [0.25, 0.3) is 11.5 Å². The van der Waals surface area contributed by atoms with Crippen molar-refractivity contribution in [1.82, 2.24) is 0 Å². The Morgan fingerprint density at radius 2 is 1.76 bits per heavy atom. The van der Waals surface area contributed by atoms with Crippen molar-refractivity contribution in [3.05, 3.63) is 81.7 Å². The first kappa shape index (κ1) is 26.7. The molecular formula is C26H21F3O9. The Labute approximate surface area is 213 Å². The molecule has 2 heterocycles. The zero-order valence-electron chi connectivity index (χ0n) is 20.2. The van der Waals surface area contributed by atoms with Gasteiger partial charge in [0, 0.05) is 12.7 Å². The van der Waals surface area contributed by atoms with E-state index in [1.54, 1.807) is 6.92 Å². The number of hydrogen-bond acceptors (Lipinski definition) is 9. The molecule has 1 aliphatic rings. The zero-order valence-corrected chi connectivity index (χ0v) is 20.2. The molecule has 38 heavy (non-hydrogen) atoms. The Morgan fingerprint density at radius 3 is 2.37 bits per heavy atom. The summed E-state index contributed by atoms with van der Waals surface area (Å²) >= 11 is 0. The van der Waals surface area contributed by atoms with Gasteiger partial charge in [-0.25, -0.2) is 4.79 Å². The van der Waals surface area contributed by atoms with Gasteiger partial charge in [0.2, 0.25) is 5.43 Å². The predicted molar refractivity (Wildman–Crippen MR) is 124 cm³/mol. The van der Waals surface area contributed by atoms with Crippen LogP contribution in [0.4, 0.5) is 13.2 Å². The number of rotatable bonds is 5. The molecule has 12 heteroatoms. The van der Waals surface area contributed by atoms with Gasteiger partial charge < -0.3 is 28.5 Å². The first-order valence-electron chi connectivity index (χ1n) is 11.1. The van der Waals surface area contributed by atoms with Gasteiger partial charge in [-0.15, -0.1) is 0 Å². The van der Waals surface area contributed by atoms with E-state index < -0.39 is 64.0 Å². The molecule has 0 fully saturated rings. The molecule has 2 aromatic carbocycles. The highest BCUT2D eigenvalue weighted by atomic mass is 19.4. The van der Waals surface area contributed by atoms with Crippen molar-refractivity contribution in [2.75, 3.05) is 14.2 Å². The number of phenolic OH excluding ortho intramolecular Hbond substituents is 1. The van der Waals surface area contributed by atoms with Crippen molar-refractivity contribution in [2.24, 2.45) is 0 Å². The average Bonchev–Trinajstić information content (AvgIpc) is 3.03. The van der Waals surface area contributed by atoms with Crippen molar-refractivity contribution < 1.29 is 51.2 Å². The van der Waals surface area contributed by atoms with Gasteiger partial charge in [-0.2, -0.15) is 13.2 Å². The van der Waals surface area contributed by atoms with Gasteiger partial charge in [0.15, 0.2) is 0 Å². The minimum absolute atomic E-state index is 0.0711. The number of hydrogen-bond donors (Lipinski definition) is 1. The summed E-state index contributed by atoms with van der Waals surface area (Å²) in [6, 6.07) is 8.78. The van der Waals surface area contributed by atoms with Gasteiger partial charge in [-0.05, 0) is 30.7 Å². The number of halogens is 3. The second-order valence-electron chi connectivity index (χ2n) is 8.36. The quantitative estimate of drug-likeness (QED) is 0.485. The SMILES string of the molecule is COC(=O)[C@@H]1c2c(oc3cc(C)cc(O)c3c2=O)OC=C[C@@H]1OC(=O)[C@@](OC)(c1ccccc1)C(F)(F)F. The van der Waals surface area contributed by atoms with Crippen LogP contribution < -0.4 is 10.2 Å². The standard InChI is InChI=1S/C26H21F3O9/c1-13-11-15(30)18-17(12-13)37-23-20(21(18)31)19(22(32)34-2)16(9-10-36-23)38-24(33)25(35-3,26(27,28)29)14-7-5-4-6-8-14/h4-12,16,19,30H,1-3H3/t16-,19-,25-/m0/s1. The molecule has 0 aliphatic carbocycles. The molecule has 0 amide bonds. The topological polar surface area (TPSA) is 122 Å². The van der Waals surface area contributed by atoms with E-state index in [2.05, 4.69) is 0 Å². The lowest BCUT2D eigenvalue weighted by Crippen LogP contribution is -2.53. The maximum absolute atomic E-state index is 14.4. The number of benzene rings is 2. The van der Waals surface area contributed by atoms with E-state index in [4.69, 9.17) is 23.4 Å². The Balaban J connectivity index is 1.88. The molecule has 1 aliphatic heterocycles. The Morgan fingerprint density at radius 1 is 1.08 bits per heavy atom. The smallest absolute Gasteiger partial charge is 0.432 e. The van der Waals surface area contributed by atoms with Gasteiger partial charge in [-0.1, -0.05) is 30.3 Å². The molecule has 1 N–H and O–H groups in total. The summed E-state index contributed by atoms with van der Waals surface area (Å²) in [6.45, 7) is 1.63. The Kier molecular flexibility index (Phi) is 6.94. The summed E-state index contributed by atoms with van der Waals surface area (Å²) in [5, 5.41) is 10.1. The average molecular weight is 534 g/mol. The number of phenols is 1. The van der Waals surface area contributed by atoms with Crippen molar-refractivity contribution in [2.45, 2.75) is 30.7 Å². The van der Waals surface area contributed by atoms with Gasteiger partial charge >= 0.3 is 18.1 Å². The Hall–Kier alpha value is -4.32. The first-order valence-corrected chi connectivity index (χ1v) is 11.1. The van der Waals surface area contributed by atoms with Crippen LogP contribution >= 0.6 is 0 Å². The highest BCUT2D eigenvalue weighted by molar-refractivity contribution is 5.89. The normalized spacial score (nSPS) is 18.6. The maximum atomic E-state index is 14.4. The van der Waals surface area contributed by atoms with Crippen LogP contribution in [0.25, 0.3) is 11.0 Å². The molecule has 0 bridgehead atoms. The lowest BCUT2D eigenvalue weighted by atomic mass is 9.90. The van der Waals surface area contributed by atoms with E-state index in [1.807, 2.05) is 0 Å². The van der Waals surface area contributed by atoms with E-state index in [9.17, 15) is 32.7 Å². The highest BCUT2D eigenvalue weighted by Gasteiger charge is 2.64. The van der Waals surface area contributed by atoms with Crippen molar-refractivity contribution in [3.8, 4) is 11.7 Å². The van der Waals surface area contributed by atoms with Crippen LogP contribution in [-0.4, -0.2) is 43.5 Å². The number of esters is 2. The van der Waals surface area contributed by atoms with Crippen LogP contribution in [0.2, 0.25) is 0 Å². The molecule has 0 unspecified atom stereocenters. The van der Waals surface area contributed by atoms with E-state index >= 15 is 0 Å². The highest BCUT2D eigenvalue weighted by Crippen LogP contribution is 2.44. The fraction of sp³-hybridized carbons (Fsp3) is 0.269. The molecule has 0 radical (unpaired) electrons. The van der Waals surface area contributed by atoms with Crippen LogP contribution in [0, 0.1) is 6.92 Å². The molecule has 200 valence electrons. The van der Waals surface area contributed by atoms with Crippen LogP contribution in [0.5, 0.6) is 11.7 Å². The molecule has 1 aromatic heterocycles. The molecule has 3 aromatic rings. The number of aryl methyl sites for hydroxylation is 1. The molecule has 0 saturated carbocycles. The van der Waals surface area contributed by atoms with Gasteiger partial charge in [0.1, 0.15) is 28.7 Å². The summed E-state index contributed by atoms with van der Waals surface area (Å²) < 4.78 is 68.8. The molecular weight excluding hydrogens is 513 g/mol. The van der Waals surface area contributed by atoms with Crippen molar-refractivity contribution >= 4 is 22.9 Å². The number of alkyl halides is 3. The fourth-order valence-corrected chi connectivity index (χ4v) is 4.32. The third-order valence-corrected chi connectivity index (χ3v) is 6.07. The first-order chi connectivity index (χ1) is 18.0. The van der Waals surface area contributed by atoms with Crippen molar-refractivity contribution in [1.29, 1.82) is 0 Å². The van der Waals surface area contributed by atoms with Crippen LogP contribution in [0.1, 0.15) is 22.6 Å². The number of carbonyl (C=O) groups excluding carboxylic acids is 2. The third-order valence-electron chi connectivity index (χ3n) is 6.07. The minimum Gasteiger partial charge on any atom is -0.507 e. The Bertz CT molecular complexity index is 1480. The van der Waals surface area contributed by atoms with Gasteiger partial charge in [0.05, 0.1) is 18.9 Å². The van der Waals surface area contributed by atoms with Crippen LogP contribution in [-0.2, 0) is 29.4 Å². The number of methoxy groups -OCH3 is 2. The summed E-state index contributed by atoms with van der Waals surface area (Å²) in [7, 11) is 1.66. The van der Waals surface area contributed by atoms with E-state index in [-0.39, 0.29) is 11.0 Å². The van der Waals surface area contributed by atoms with Crippen LogP contribution in [0.3, 0.4) is 0 Å². The predicted octanol–water partition coefficient (Wildman–Crippen LogP) is 3.99. The number of ether oxygens (including phenoxy) is 4. The lowest BCUT2D eigenvalue weighted by molar-refractivity contribution is -0.277. The van der Waals surface area contributed by atoms with Crippen molar-refractivity contribution in [3.63, 3.8) is 0 Å². The monoisotopic (exact) mass is 534 g/mol. The molecule has 3 atom stereocenters. The zero-order chi connectivity index (χ0) is 27.8. The molecule has 0 spiro atoms. The number of aromatic hydroxyl groups is 1. The second kappa shape index (κ2) is 9.86. The van der Waals surface area contributed by atoms with Crippen LogP contribution in [0.15, 0.2) is 64.0 Å². The van der Waals surface area contributed by atoms with E-state index in [0.717, 1.165) is 31.6 Å².